The molecule has 1 fully saturated rings. The van der Waals surface area contributed by atoms with Crippen LogP contribution in [-0.4, -0.2) is 6.54 Å². The highest BCUT2D eigenvalue weighted by atomic mass is 14.9. The van der Waals surface area contributed by atoms with E-state index in [4.69, 9.17) is 5.26 Å². The number of hydrogen-bond acceptors (Lipinski definition) is 2. The topological polar surface area (TPSA) is 35.8 Å². The summed E-state index contributed by atoms with van der Waals surface area (Å²) in [5.74, 6) is 1.69. The van der Waals surface area contributed by atoms with Gasteiger partial charge in [-0.05, 0) is 42.9 Å². The smallest absolute Gasteiger partial charge is 0.0992 e. The fraction of sp³-hybridized carbons (Fsp3) is 0.500. The molecule has 84 valence electrons. The van der Waals surface area contributed by atoms with E-state index in [1.54, 1.807) is 0 Å². The highest BCUT2D eigenvalue weighted by Gasteiger charge is 2.20. The zero-order valence-corrected chi connectivity index (χ0v) is 9.74. The minimum Gasteiger partial charge on any atom is -0.385 e. The monoisotopic (exact) mass is 214 g/mol. The minimum atomic E-state index is 0.727. The predicted octanol–water partition coefficient (Wildman–Crippen LogP) is 3.41. The lowest BCUT2D eigenvalue weighted by Crippen LogP contribution is -2.11. The first-order chi connectivity index (χ1) is 7.78. The summed E-state index contributed by atoms with van der Waals surface area (Å²) in [6.07, 6.45) is 4.04. The van der Waals surface area contributed by atoms with Crippen LogP contribution in [0.1, 0.15) is 31.7 Å². The second-order valence-electron chi connectivity index (χ2n) is 4.86. The number of benzene rings is 1. The quantitative estimate of drug-likeness (QED) is 0.837. The van der Waals surface area contributed by atoms with Crippen LogP contribution in [0.15, 0.2) is 24.3 Å². The Morgan fingerprint density at radius 1 is 1.44 bits per heavy atom. The fourth-order valence-corrected chi connectivity index (χ4v) is 2.47. The molecule has 0 aromatic heterocycles. The lowest BCUT2D eigenvalue weighted by atomic mass is 10.1. The molecular formula is C14H18N2. The third-order valence-corrected chi connectivity index (χ3v) is 3.39. The van der Waals surface area contributed by atoms with Crippen LogP contribution in [-0.2, 0) is 0 Å². The molecule has 0 radical (unpaired) electrons. The maximum absolute atomic E-state index is 8.80. The predicted molar refractivity (Wildman–Crippen MR) is 66.2 cm³/mol. The van der Waals surface area contributed by atoms with Crippen molar-refractivity contribution in [3.63, 3.8) is 0 Å². The first-order valence-electron chi connectivity index (χ1n) is 6.02. The Morgan fingerprint density at radius 2 is 2.31 bits per heavy atom. The van der Waals surface area contributed by atoms with Crippen LogP contribution in [0.4, 0.5) is 5.69 Å². The van der Waals surface area contributed by atoms with Gasteiger partial charge in [-0.1, -0.05) is 19.4 Å². The molecule has 1 aromatic rings. The van der Waals surface area contributed by atoms with E-state index in [2.05, 4.69) is 18.3 Å². The van der Waals surface area contributed by atoms with Gasteiger partial charge < -0.3 is 5.32 Å². The summed E-state index contributed by atoms with van der Waals surface area (Å²) in [6.45, 7) is 3.37. The lowest BCUT2D eigenvalue weighted by Gasteiger charge is -2.12. The molecule has 0 bridgehead atoms. The number of nitriles is 1. The van der Waals surface area contributed by atoms with Gasteiger partial charge in [0.15, 0.2) is 0 Å². The Bertz CT molecular complexity index is 392. The molecule has 2 atom stereocenters. The van der Waals surface area contributed by atoms with Crippen LogP contribution in [0, 0.1) is 23.2 Å². The summed E-state index contributed by atoms with van der Waals surface area (Å²) in [6, 6.07) is 9.87. The van der Waals surface area contributed by atoms with E-state index in [0.717, 1.165) is 29.6 Å². The van der Waals surface area contributed by atoms with Gasteiger partial charge in [0.2, 0.25) is 0 Å². The molecule has 0 heterocycles. The minimum absolute atomic E-state index is 0.727. The highest BCUT2D eigenvalue weighted by Crippen LogP contribution is 2.30. The van der Waals surface area contributed by atoms with Crippen molar-refractivity contribution in [1.29, 1.82) is 5.26 Å². The Labute approximate surface area is 97.3 Å². The van der Waals surface area contributed by atoms with Crippen molar-refractivity contribution in [3.05, 3.63) is 29.8 Å². The number of rotatable bonds is 3. The average Bonchev–Trinajstić information content (AvgIpc) is 2.73. The van der Waals surface area contributed by atoms with Crippen molar-refractivity contribution in [2.75, 3.05) is 11.9 Å². The van der Waals surface area contributed by atoms with Gasteiger partial charge in [-0.2, -0.15) is 5.26 Å². The fourth-order valence-electron chi connectivity index (χ4n) is 2.47. The van der Waals surface area contributed by atoms with Crippen molar-refractivity contribution in [2.24, 2.45) is 11.8 Å². The summed E-state index contributed by atoms with van der Waals surface area (Å²) >= 11 is 0. The molecule has 0 saturated heterocycles. The van der Waals surface area contributed by atoms with E-state index in [9.17, 15) is 0 Å². The molecule has 1 aliphatic carbocycles. The van der Waals surface area contributed by atoms with Crippen LogP contribution in [0.3, 0.4) is 0 Å². The zero-order valence-electron chi connectivity index (χ0n) is 9.74. The van der Waals surface area contributed by atoms with Gasteiger partial charge in [-0.25, -0.2) is 0 Å². The van der Waals surface area contributed by atoms with Crippen molar-refractivity contribution in [3.8, 4) is 6.07 Å². The summed E-state index contributed by atoms with van der Waals surface area (Å²) in [5.41, 5.74) is 1.79. The maximum Gasteiger partial charge on any atom is 0.0992 e. The number of nitrogens with one attached hydrogen (secondary N) is 1. The van der Waals surface area contributed by atoms with E-state index in [-0.39, 0.29) is 0 Å². The van der Waals surface area contributed by atoms with E-state index in [0.29, 0.717) is 0 Å². The molecule has 0 amide bonds. The van der Waals surface area contributed by atoms with Gasteiger partial charge in [0.05, 0.1) is 11.6 Å². The normalized spacial score (nSPS) is 24.0. The van der Waals surface area contributed by atoms with Gasteiger partial charge >= 0.3 is 0 Å². The third kappa shape index (κ3) is 2.76. The van der Waals surface area contributed by atoms with Gasteiger partial charge in [0.1, 0.15) is 0 Å². The van der Waals surface area contributed by atoms with Gasteiger partial charge in [0.25, 0.3) is 0 Å². The molecule has 16 heavy (non-hydrogen) atoms. The molecule has 1 aromatic carbocycles. The van der Waals surface area contributed by atoms with Crippen molar-refractivity contribution >= 4 is 5.69 Å². The van der Waals surface area contributed by atoms with Gasteiger partial charge in [-0.3, -0.25) is 0 Å². The van der Waals surface area contributed by atoms with Crippen LogP contribution >= 0.6 is 0 Å². The highest BCUT2D eigenvalue weighted by molar-refractivity contribution is 5.49. The number of anilines is 1. The summed E-state index contributed by atoms with van der Waals surface area (Å²) in [7, 11) is 0. The van der Waals surface area contributed by atoms with E-state index < -0.39 is 0 Å². The van der Waals surface area contributed by atoms with Crippen molar-refractivity contribution in [2.45, 2.75) is 26.2 Å². The van der Waals surface area contributed by atoms with E-state index in [1.807, 2.05) is 24.3 Å². The lowest BCUT2D eigenvalue weighted by molar-refractivity contribution is 0.537. The van der Waals surface area contributed by atoms with Crippen LogP contribution in [0.25, 0.3) is 0 Å². The van der Waals surface area contributed by atoms with E-state index in [1.165, 1.54) is 19.3 Å². The molecule has 1 saturated carbocycles. The molecule has 2 nitrogen and oxygen atoms in total. The Balaban J connectivity index is 1.87. The van der Waals surface area contributed by atoms with E-state index >= 15 is 0 Å². The van der Waals surface area contributed by atoms with Crippen LogP contribution in [0.5, 0.6) is 0 Å². The first-order valence-corrected chi connectivity index (χ1v) is 6.02. The Hall–Kier alpha value is -1.49. The third-order valence-electron chi connectivity index (χ3n) is 3.39. The standard InChI is InChI=1S/C14H18N2/c1-11-5-6-13(7-11)10-16-14-4-2-3-12(8-14)9-15/h2-4,8,11,13,16H,5-7,10H2,1H3. The Morgan fingerprint density at radius 3 is 3.00 bits per heavy atom. The van der Waals surface area contributed by atoms with Gasteiger partial charge in [0, 0.05) is 12.2 Å². The first kappa shape index (κ1) is 11.0. The van der Waals surface area contributed by atoms with Crippen molar-refractivity contribution in [1.82, 2.24) is 0 Å². The molecule has 2 rings (SSSR count). The van der Waals surface area contributed by atoms with Gasteiger partial charge in [-0.15, -0.1) is 0 Å². The summed E-state index contributed by atoms with van der Waals surface area (Å²) in [5, 5.41) is 12.2. The molecule has 2 unspecified atom stereocenters. The molecule has 2 heteroatoms. The average molecular weight is 214 g/mol. The van der Waals surface area contributed by atoms with Crippen molar-refractivity contribution < 1.29 is 0 Å². The second kappa shape index (κ2) is 5.03. The number of hydrogen-bond donors (Lipinski definition) is 1. The van der Waals surface area contributed by atoms with Crippen LogP contribution < -0.4 is 5.32 Å². The zero-order chi connectivity index (χ0) is 11.4. The van der Waals surface area contributed by atoms with Crippen LogP contribution in [0.2, 0.25) is 0 Å². The molecule has 0 spiro atoms. The molecular weight excluding hydrogens is 196 g/mol. The molecule has 1 N–H and O–H groups in total. The second-order valence-corrected chi connectivity index (χ2v) is 4.86. The summed E-state index contributed by atoms with van der Waals surface area (Å²) in [4.78, 5) is 0. The largest absolute Gasteiger partial charge is 0.385 e. The summed E-state index contributed by atoms with van der Waals surface area (Å²) < 4.78 is 0. The Kier molecular flexibility index (Phi) is 3.46. The number of nitrogens with zero attached hydrogens (tertiary/aromatic N) is 1. The molecule has 0 aliphatic heterocycles. The SMILES string of the molecule is CC1CCC(CNc2cccc(C#N)c2)C1. The maximum atomic E-state index is 8.80. The molecule has 1 aliphatic rings.